The molecule has 2 atom stereocenters. The molecule has 3 rings (SSSR count). The van der Waals surface area contributed by atoms with Gasteiger partial charge in [0.25, 0.3) is 0 Å². The second kappa shape index (κ2) is 9.75. The van der Waals surface area contributed by atoms with Crippen LogP contribution in [0, 0.1) is 0 Å². The number of amides is 1. The number of ether oxygens (including phenoxy) is 1. The lowest BCUT2D eigenvalue weighted by atomic mass is 9.74. The largest absolute Gasteiger partial charge is 0.449 e. The molecule has 1 amide bonds. The predicted octanol–water partition coefficient (Wildman–Crippen LogP) is 8.60. The van der Waals surface area contributed by atoms with Gasteiger partial charge in [-0.1, -0.05) is 6.92 Å². The third kappa shape index (κ3) is 5.98. The lowest BCUT2D eigenvalue weighted by Crippen LogP contribution is -2.54. The molecule has 1 unspecified atom stereocenters. The first kappa shape index (κ1) is 28.6. The van der Waals surface area contributed by atoms with E-state index in [-0.39, 0.29) is 35.9 Å². The molecule has 2 aromatic rings. The van der Waals surface area contributed by atoms with E-state index in [1.54, 1.807) is 20.8 Å². The lowest BCUT2D eigenvalue weighted by Gasteiger charge is -2.47. The van der Waals surface area contributed by atoms with Crippen molar-refractivity contribution in [1.82, 2.24) is 0 Å². The van der Waals surface area contributed by atoms with E-state index >= 15 is 0 Å². The molecular weight excluding hydrogens is 517 g/mol. The van der Waals surface area contributed by atoms with Gasteiger partial charge in [0.05, 0.1) is 29.0 Å². The van der Waals surface area contributed by atoms with E-state index in [1.807, 2.05) is 0 Å². The number of rotatable bonds is 4. The minimum atomic E-state index is -5.07. The van der Waals surface area contributed by atoms with Crippen molar-refractivity contribution in [2.24, 2.45) is 0 Å². The van der Waals surface area contributed by atoms with Gasteiger partial charge in [0.1, 0.15) is 0 Å². The van der Waals surface area contributed by atoms with E-state index in [0.717, 1.165) is 18.2 Å². The zero-order valence-corrected chi connectivity index (χ0v) is 20.0. The first-order chi connectivity index (χ1) is 16.9. The Morgan fingerprint density at radius 1 is 0.892 bits per heavy atom. The van der Waals surface area contributed by atoms with Crippen molar-refractivity contribution >= 4 is 11.8 Å². The van der Waals surface area contributed by atoms with Gasteiger partial charge in [0.15, 0.2) is 0 Å². The smallest absolute Gasteiger partial charge is 0.416 e. The third-order valence-electron chi connectivity index (χ3n) is 6.60. The molecule has 3 nitrogen and oxygen atoms in total. The Bertz CT molecular complexity index is 1120. The number of nitrogens with zero attached hydrogens (tertiary/aromatic N) is 1. The highest BCUT2D eigenvalue weighted by Gasteiger charge is 2.46. The number of carbonyl (C=O) groups excluding carboxylic acids is 1. The molecule has 37 heavy (non-hydrogen) atoms. The fourth-order valence-electron chi connectivity index (χ4n) is 4.70. The molecule has 204 valence electrons. The van der Waals surface area contributed by atoms with Gasteiger partial charge in [0, 0.05) is 5.54 Å². The quantitative estimate of drug-likeness (QED) is 0.363. The molecule has 0 radical (unpaired) electrons. The summed E-state index contributed by atoms with van der Waals surface area (Å²) in [6.07, 6.45) is -15.9. The zero-order chi connectivity index (χ0) is 28.0. The maximum absolute atomic E-state index is 13.5. The summed E-state index contributed by atoms with van der Waals surface area (Å²) in [6, 6.07) is 3.80. The number of fused-ring (bicyclic) bond motifs is 1. The predicted molar refractivity (Wildman–Crippen MR) is 117 cm³/mol. The van der Waals surface area contributed by atoms with Gasteiger partial charge in [-0.05, 0) is 86.6 Å². The molecule has 0 spiro atoms. The maximum atomic E-state index is 13.5. The monoisotopic (exact) mass is 541 g/mol. The van der Waals surface area contributed by atoms with E-state index in [2.05, 4.69) is 0 Å². The van der Waals surface area contributed by atoms with Gasteiger partial charge >= 0.3 is 24.6 Å². The van der Waals surface area contributed by atoms with Gasteiger partial charge < -0.3 is 4.74 Å². The Morgan fingerprint density at radius 2 is 1.43 bits per heavy atom. The summed E-state index contributed by atoms with van der Waals surface area (Å²) in [7, 11) is 0. The molecule has 0 aliphatic carbocycles. The molecule has 0 N–H and O–H groups in total. The number of carbonyl (C=O) groups is 1. The number of halogens is 9. The number of anilines is 1. The van der Waals surface area contributed by atoms with Crippen LogP contribution in [0.25, 0.3) is 0 Å². The summed E-state index contributed by atoms with van der Waals surface area (Å²) in [5, 5.41) is 0. The Labute approximate surface area is 207 Å². The lowest BCUT2D eigenvalue weighted by molar-refractivity contribution is -0.143. The molecule has 0 saturated carbocycles. The van der Waals surface area contributed by atoms with E-state index in [9.17, 15) is 44.3 Å². The maximum Gasteiger partial charge on any atom is 0.416 e. The second-order valence-corrected chi connectivity index (χ2v) is 9.18. The van der Waals surface area contributed by atoms with Crippen molar-refractivity contribution < 1.29 is 49.0 Å². The van der Waals surface area contributed by atoms with Crippen molar-refractivity contribution in [3.05, 3.63) is 64.2 Å². The average Bonchev–Trinajstić information content (AvgIpc) is 2.77. The van der Waals surface area contributed by atoms with Crippen molar-refractivity contribution in [2.45, 2.75) is 70.0 Å². The first-order valence-electron chi connectivity index (χ1n) is 11.4. The number of hydrogen-bond donors (Lipinski definition) is 0. The highest BCUT2D eigenvalue weighted by molar-refractivity contribution is 5.91. The van der Waals surface area contributed by atoms with Crippen LogP contribution in [0.15, 0.2) is 36.4 Å². The Balaban J connectivity index is 2.20. The van der Waals surface area contributed by atoms with Crippen LogP contribution in [0.4, 0.5) is 50.0 Å². The minimum Gasteiger partial charge on any atom is -0.449 e. The summed E-state index contributed by atoms with van der Waals surface area (Å²) in [4.78, 5) is 14.0. The average molecular weight is 541 g/mol. The van der Waals surface area contributed by atoms with Crippen LogP contribution >= 0.6 is 0 Å². The fraction of sp³-hybridized carbons (Fsp3) is 0.480. The van der Waals surface area contributed by atoms with Crippen molar-refractivity contribution in [1.29, 1.82) is 0 Å². The second-order valence-electron chi connectivity index (χ2n) is 9.18. The van der Waals surface area contributed by atoms with E-state index < -0.39 is 59.2 Å². The van der Waals surface area contributed by atoms with Crippen LogP contribution in [0.1, 0.15) is 67.3 Å². The molecule has 12 heteroatoms. The van der Waals surface area contributed by atoms with Crippen molar-refractivity contribution in [2.75, 3.05) is 11.5 Å². The number of benzene rings is 2. The molecule has 0 fully saturated rings. The van der Waals surface area contributed by atoms with Gasteiger partial charge in [-0.15, -0.1) is 0 Å². The summed E-state index contributed by atoms with van der Waals surface area (Å²) in [5.41, 5.74) is -5.39. The Morgan fingerprint density at radius 3 is 1.89 bits per heavy atom. The van der Waals surface area contributed by atoms with Crippen LogP contribution in [0.5, 0.6) is 0 Å². The highest BCUT2D eigenvalue weighted by Crippen LogP contribution is 2.49. The molecule has 2 aromatic carbocycles. The third-order valence-corrected chi connectivity index (χ3v) is 6.60. The Hall–Kier alpha value is -2.92. The van der Waals surface area contributed by atoms with Crippen molar-refractivity contribution in [3.63, 3.8) is 0 Å². The number of alkyl halides is 9. The fourth-order valence-corrected chi connectivity index (χ4v) is 4.70. The molecule has 0 bridgehead atoms. The topological polar surface area (TPSA) is 29.5 Å². The normalized spacial score (nSPS) is 20.5. The van der Waals surface area contributed by atoms with Crippen molar-refractivity contribution in [3.8, 4) is 0 Å². The van der Waals surface area contributed by atoms with Gasteiger partial charge in [-0.3, -0.25) is 4.90 Å². The summed E-state index contributed by atoms with van der Waals surface area (Å²) >= 11 is 0. The standard InChI is InChI=1S/C25H24F9NO2/c1-4-22(3)13-15(8-14-9-17(24(29,30)31)11-18(10-14)25(32,33)34)19-12-16(23(26,27)28)6-7-20(19)35(22)21(36)37-5-2/h6-7,9-12,15H,4-5,8,13H2,1-3H3/t15-,22?/m0/s1. The first-order valence-corrected chi connectivity index (χ1v) is 11.4. The molecular formula is C25H24F9NO2. The molecule has 1 aliphatic heterocycles. The van der Waals surface area contributed by atoms with E-state index in [1.165, 1.54) is 4.90 Å². The van der Waals surface area contributed by atoms with Crippen LogP contribution in [0.3, 0.4) is 0 Å². The van der Waals surface area contributed by atoms with Crippen LogP contribution in [-0.2, 0) is 29.7 Å². The van der Waals surface area contributed by atoms with Gasteiger partial charge in [-0.25, -0.2) is 4.79 Å². The summed E-state index contributed by atoms with van der Waals surface area (Å²) in [6.45, 7) is 4.89. The van der Waals surface area contributed by atoms with Gasteiger partial charge in [0.2, 0.25) is 0 Å². The van der Waals surface area contributed by atoms with E-state index in [0.29, 0.717) is 18.6 Å². The van der Waals surface area contributed by atoms with Crippen LogP contribution in [-0.4, -0.2) is 18.2 Å². The SMILES string of the molecule is CCOC(=O)N1c2ccc(C(F)(F)F)cc2[C@@H](Cc2cc(C(F)(F)F)cc(C(F)(F)F)c2)CC1(C)CC. The molecule has 1 aliphatic rings. The number of hydrogen-bond acceptors (Lipinski definition) is 2. The minimum absolute atomic E-state index is 0.00127. The molecule has 0 saturated heterocycles. The van der Waals surface area contributed by atoms with E-state index in [4.69, 9.17) is 4.74 Å². The highest BCUT2D eigenvalue weighted by atomic mass is 19.4. The van der Waals surface area contributed by atoms with Crippen LogP contribution < -0.4 is 4.90 Å². The van der Waals surface area contributed by atoms with Gasteiger partial charge in [-0.2, -0.15) is 39.5 Å². The Kier molecular flexibility index (Phi) is 7.55. The van der Waals surface area contributed by atoms with Crippen LogP contribution in [0.2, 0.25) is 0 Å². The zero-order valence-electron chi connectivity index (χ0n) is 20.0. The summed E-state index contributed by atoms with van der Waals surface area (Å²) in [5.74, 6) is -0.919. The molecule has 0 aromatic heterocycles. The summed E-state index contributed by atoms with van der Waals surface area (Å²) < 4.78 is 126. The molecule has 1 heterocycles.